The molecule has 3 N–H and O–H groups in total. The summed E-state index contributed by atoms with van der Waals surface area (Å²) in [7, 11) is 0. The van der Waals surface area contributed by atoms with Crippen LogP contribution in [0.2, 0.25) is 0 Å². The summed E-state index contributed by atoms with van der Waals surface area (Å²) in [6, 6.07) is 10.8. The van der Waals surface area contributed by atoms with Gasteiger partial charge in [0.15, 0.2) is 5.82 Å². The van der Waals surface area contributed by atoms with Crippen LogP contribution >= 0.6 is 0 Å². The standard InChI is InChI=1S/C13H10FN3O/c14-9-3-1-8(2-4-9)13-16-11-6-5-10(15)7-12(11)17(13)18/h1-7,18H,15H2. The Labute approximate surface area is 102 Å². The van der Waals surface area contributed by atoms with Gasteiger partial charge >= 0.3 is 0 Å². The van der Waals surface area contributed by atoms with Crippen molar-refractivity contribution < 1.29 is 9.60 Å². The Morgan fingerprint density at radius 1 is 1.11 bits per heavy atom. The molecule has 1 aromatic heterocycles. The molecule has 0 unspecified atom stereocenters. The Morgan fingerprint density at radius 2 is 1.83 bits per heavy atom. The number of aromatic nitrogens is 2. The number of anilines is 1. The normalized spacial score (nSPS) is 10.9. The van der Waals surface area contributed by atoms with E-state index in [9.17, 15) is 9.60 Å². The second-order valence-corrected chi connectivity index (χ2v) is 4.00. The van der Waals surface area contributed by atoms with E-state index in [0.717, 1.165) is 4.73 Å². The van der Waals surface area contributed by atoms with Gasteiger partial charge in [0.1, 0.15) is 11.3 Å². The molecule has 0 saturated carbocycles. The molecule has 0 amide bonds. The summed E-state index contributed by atoms with van der Waals surface area (Å²) in [5.41, 5.74) is 7.99. The van der Waals surface area contributed by atoms with Gasteiger partial charge in [-0.25, -0.2) is 9.37 Å². The van der Waals surface area contributed by atoms with Gasteiger partial charge in [0.25, 0.3) is 0 Å². The van der Waals surface area contributed by atoms with Crippen molar-refractivity contribution >= 4 is 16.7 Å². The molecular weight excluding hydrogens is 233 g/mol. The van der Waals surface area contributed by atoms with Gasteiger partial charge in [0, 0.05) is 11.3 Å². The number of halogens is 1. The molecule has 0 radical (unpaired) electrons. The number of rotatable bonds is 1. The van der Waals surface area contributed by atoms with Crippen LogP contribution in [-0.2, 0) is 0 Å². The highest BCUT2D eigenvalue weighted by Crippen LogP contribution is 2.24. The molecule has 0 bridgehead atoms. The fourth-order valence-corrected chi connectivity index (χ4v) is 1.87. The quantitative estimate of drug-likeness (QED) is 0.510. The van der Waals surface area contributed by atoms with Crippen molar-refractivity contribution in [2.24, 2.45) is 0 Å². The Balaban J connectivity index is 2.23. The van der Waals surface area contributed by atoms with E-state index in [2.05, 4.69) is 4.98 Å². The van der Waals surface area contributed by atoms with E-state index in [1.807, 2.05) is 0 Å². The van der Waals surface area contributed by atoms with Gasteiger partial charge in [-0.15, -0.1) is 0 Å². The van der Waals surface area contributed by atoms with E-state index in [-0.39, 0.29) is 5.82 Å². The number of benzene rings is 2. The highest BCUT2D eigenvalue weighted by Gasteiger charge is 2.11. The first-order chi connectivity index (χ1) is 8.65. The van der Waals surface area contributed by atoms with Crippen LogP contribution in [0.5, 0.6) is 0 Å². The fourth-order valence-electron chi connectivity index (χ4n) is 1.87. The van der Waals surface area contributed by atoms with E-state index in [1.54, 1.807) is 30.3 Å². The maximum Gasteiger partial charge on any atom is 0.176 e. The van der Waals surface area contributed by atoms with Gasteiger partial charge in [-0.1, -0.05) is 0 Å². The number of imidazole rings is 1. The van der Waals surface area contributed by atoms with Crippen LogP contribution in [0.15, 0.2) is 42.5 Å². The molecule has 2 aromatic carbocycles. The summed E-state index contributed by atoms with van der Waals surface area (Å²) in [5.74, 6) is 0.0270. The van der Waals surface area contributed by atoms with Gasteiger partial charge < -0.3 is 10.9 Å². The van der Waals surface area contributed by atoms with Crippen LogP contribution in [0.3, 0.4) is 0 Å². The predicted molar refractivity (Wildman–Crippen MR) is 66.7 cm³/mol. The molecule has 0 atom stereocenters. The van der Waals surface area contributed by atoms with Gasteiger partial charge in [-0.3, -0.25) is 0 Å². The van der Waals surface area contributed by atoms with Crippen LogP contribution in [0.4, 0.5) is 10.1 Å². The minimum Gasteiger partial charge on any atom is -0.426 e. The third-order valence-corrected chi connectivity index (χ3v) is 2.76. The maximum absolute atomic E-state index is 12.9. The number of nitrogens with zero attached hydrogens (tertiary/aromatic N) is 2. The lowest BCUT2D eigenvalue weighted by molar-refractivity contribution is 0.203. The van der Waals surface area contributed by atoms with Gasteiger partial charge in [-0.2, -0.15) is 4.73 Å². The Bertz CT molecular complexity index is 719. The van der Waals surface area contributed by atoms with Crippen LogP contribution in [0.1, 0.15) is 0 Å². The molecule has 3 aromatic rings. The molecule has 0 spiro atoms. The summed E-state index contributed by atoms with van der Waals surface area (Å²) in [4.78, 5) is 4.29. The first-order valence-corrected chi connectivity index (χ1v) is 5.38. The van der Waals surface area contributed by atoms with Gasteiger partial charge in [0.05, 0.1) is 5.52 Å². The van der Waals surface area contributed by atoms with E-state index >= 15 is 0 Å². The highest BCUT2D eigenvalue weighted by molar-refractivity contribution is 5.82. The van der Waals surface area contributed by atoms with Crippen molar-refractivity contribution in [2.75, 3.05) is 5.73 Å². The van der Waals surface area contributed by atoms with E-state index in [0.29, 0.717) is 28.1 Å². The number of hydrogen-bond acceptors (Lipinski definition) is 3. The van der Waals surface area contributed by atoms with Crippen molar-refractivity contribution in [1.29, 1.82) is 0 Å². The molecule has 0 aliphatic rings. The summed E-state index contributed by atoms with van der Waals surface area (Å²) in [6.07, 6.45) is 0. The average Bonchev–Trinajstić information content (AvgIpc) is 2.68. The molecule has 5 heteroatoms. The number of nitrogen functional groups attached to an aromatic ring is 1. The molecule has 0 saturated heterocycles. The Hall–Kier alpha value is -2.56. The van der Waals surface area contributed by atoms with Crippen LogP contribution < -0.4 is 5.73 Å². The second kappa shape index (κ2) is 3.73. The van der Waals surface area contributed by atoms with Crippen molar-refractivity contribution in [1.82, 2.24) is 9.71 Å². The summed E-state index contributed by atoms with van der Waals surface area (Å²) < 4.78 is 13.8. The van der Waals surface area contributed by atoms with Crippen molar-refractivity contribution in [3.05, 3.63) is 48.3 Å². The zero-order valence-corrected chi connectivity index (χ0v) is 9.34. The lowest BCUT2D eigenvalue weighted by Crippen LogP contribution is -1.94. The molecular formula is C13H10FN3O. The topological polar surface area (TPSA) is 64.1 Å². The molecule has 18 heavy (non-hydrogen) atoms. The number of hydrogen-bond donors (Lipinski definition) is 2. The third kappa shape index (κ3) is 1.57. The second-order valence-electron chi connectivity index (χ2n) is 4.00. The Morgan fingerprint density at radius 3 is 2.56 bits per heavy atom. The predicted octanol–water partition coefficient (Wildman–Crippen LogP) is 2.66. The smallest absolute Gasteiger partial charge is 0.176 e. The van der Waals surface area contributed by atoms with Crippen molar-refractivity contribution in [3.63, 3.8) is 0 Å². The lowest BCUT2D eigenvalue weighted by Gasteiger charge is -2.00. The first kappa shape index (κ1) is 10.6. The molecule has 90 valence electrons. The average molecular weight is 243 g/mol. The SMILES string of the molecule is Nc1ccc2nc(-c3ccc(F)cc3)n(O)c2c1. The summed E-state index contributed by atoms with van der Waals surface area (Å²) in [5, 5.41) is 10.0. The zero-order valence-electron chi connectivity index (χ0n) is 9.34. The third-order valence-electron chi connectivity index (χ3n) is 2.76. The Kier molecular flexibility index (Phi) is 2.19. The molecule has 3 rings (SSSR count). The van der Waals surface area contributed by atoms with Gasteiger partial charge in [-0.05, 0) is 42.5 Å². The van der Waals surface area contributed by atoms with Crippen LogP contribution in [0, 0.1) is 5.82 Å². The van der Waals surface area contributed by atoms with Crippen LogP contribution in [-0.4, -0.2) is 14.9 Å². The molecule has 4 nitrogen and oxygen atoms in total. The van der Waals surface area contributed by atoms with E-state index < -0.39 is 0 Å². The molecule has 0 aliphatic carbocycles. The summed E-state index contributed by atoms with van der Waals surface area (Å²) in [6.45, 7) is 0. The molecule has 1 heterocycles. The number of nitrogens with two attached hydrogens (primary N) is 1. The fraction of sp³-hybridized carbons (Fsp3) is 0. The largest absolute Gasteiger partial charge is 0.426 e. The van der Waals surface area contributed by atoms with Crippen molar-refractivity contribution in [3.8, 4) is 11.4 Å². The van der Waals surface area contributed by atoms with Crippen LogP contribution in [0.25, 0.3) is 22.4 Å². The molecule has 0 fully saturated rings. The van der Waals surface area contributed by atoms with E-state index in [1.165, 1.54) is 12.1 Å². The highest BCUT2D eigenvalue weighted by atomic mass is 19.1. The minimum absolute atomic E-state index is 0.330. The monoisotopic (exact) mass is 243 g/mol. The van der Waals surface area contributed by atoms with Gasteiger partial charge in [0.2, 0.25) is 0 Å². The first-order valence-electron chi connectivity index (χ1n) is 5.38. The lowest BCUT2D eigenvalue weighted by atomic mass is 10.2. The van der Waals surface area contributed by atoms with Crippen molar-refractivity contribution in [2.45, 2.75) is 0 Å². The zero-order chi connectivity index (χ0) is 12.7. The van der Waals surface area contributed by atoms with E-state index in [4.69, 9.17) is 5.73 Å². The maximum atomic E-state index is 12.9. The number of fused-ring (bicyclic) bond motifs is 1. The molecule has 0 aliphatic heterocycles. The summed E-state index contributed by atoms with van der Waals surface area (Å²) >= 11 is 0. The minimum atomic E-state index is -0.330.